The molecule has 0 aliphatic carbocycles. The number of aliphatic hydroxyl groups excluding tert-OH is 2. The van der Waals surface area contributed by atoms with Crippen molar-refractivity contribution in [2.75, 3.05) is 19.7 Å². The van der Waals surface area contributed by atoms with Gasteiger partial charge < -0.3 is 19.8 Å². The van der Waals surface area contributed by atoms with Crippen LogP contribution in [0.25, 0.3) is 0 Å². The number of β-amino-alcohol motifs (C(OH)–C–C–N with tert-alkyl or cyclic N) is 2. The molecule has 0 bridgehead atoms. The maximum atomic E-state index is 11.8. The Balaban J connectivity index is 1.90. The summed E-state index contributed by atoms with van der Waals surface area (Å²) in [4.78, 5) is 13.2. The molecule has 0 radical (unpaired) electrons. The van der Waals surface area contributed by atoms with Gasteiger partial charge in [-0.1, -0.05) is 11.6 Å². The van der Waals surface area contributed by atoms with E-state index in [0.717, 1.165) is 5.56 Å². The standard InChI is InChI=1S/C13H16ClNO4/c1-8-4-9(14)2-3-12(8)19-7-13(18)15-5-10(16)11(17)6-15/h2-4,10-11,16-17H,5-7H2,1H3. The molecule has 0 saturated carbocycles. The molecule has 1 amide bonds. The number of aryl methyl sites for hydroxylation is 1. The second-order valence-electron chi connectivity index (χ2n) is 4.63. The largest absolute Gasteiger partial charge is 0.483 e. The van der Waals surface area contributed by atoms with Crippen LogP contribution in [-0.4, -0.2) is 52.9 Å². The first-order valence-corrected chi connectivity index (χ1v) is 6.38. The van der Waals surface area contributed by atoms with Gasteiger partial charge in [-0.2, -0.15) is 0 Å². The number of carbonyl (C=O) groups excluding carboxylic acids is 1. The summed E-state index contributed by atoms with van der Waals surface area (Å²) >= 11 is 5.83. The summed E-state index contributed by atoms with van der Waals surface area (Å²) in [6.07, 6.45) is -1.75. The van der Waals surface area contributed by atoms with Gasteiger partial charge >= 0.3 is 0 Å². The van der Waals surface area contributed by atoms with Gasteiger partial charge in [0.2, 0.25) is 0 Å². The molecule has 19 heavy (non-hydrogen) atoms. The van der Waals surface area contributed by atoms with E-state index >= 15 is 0 Å². The lowest BCUT2D eigenvalue weighted by atomic mass is 10.2. The van der Waals surface area contributed by atoms with Gasteiger partial charge in [0.15, 0.2) is 6.61 Å². The molecule has 2 unspecified atom stereocenters. The van der Waals surface area contributed by atoms with E-state index in [1.54, 1.807) is 18.2 Å². The van der Waals surface area contributed by atoms with Crippen molar-refractivity contribution in [2.45, 2.75) is 19.1 Å². The van der Waals surface area contributed by atoms with Crippen LogP contribution >= 0.6 is 11.6 Å². The minimum absolute atomic E-state index is 0.123. The molecule has 1 fully saturated rings. The van der Waals surface area contributed by atoms with Crippen molar-refractivity contribution in [2.24, 2.45) is 0 Å². The van der Waals surface area contributed by atoms with Crippen molar-refractivity contribution in [1.82, 2.24) is 4.90 Å². The summed E-state index contributed by atoms with van der Waals surface area (Å²) in [5, 5.41) is 19.4. The second kappa shape index (κ2) is 5.77. The highest BCUT2D eigenvalue weighted by atomic mass is 35.5. The van der Waals surface area contributed by atoms with E-state index in [1.165, 1.54) is 4.90 Å². The summed E-state index contributed by atoms with van der Waals surface area (Å²) < 4.78 is 5.42. The SMILES string of the molecule is Cc1cc(Cl)ccc1OCC(=O)N1CC(O)C(O)C1. The number of hydrogen-bond donors (Lipinski definition) is 2. The minimum atomic E-state index is -0.874. The Morgan fingerprint density at radius 3 is 2.63 bits per heavy atom. The maximum absolute atomic E-state index is 11.8. The molecule has 1 heterocycles. The van der Waals surface area contributed by atoms with Crippen molar-refractivity contribution >= 4 is 17.5 Å². The van der Waals surface area contributed by atoms with E-state index in [1.807, 2.05) is 6.92 Å². The number of aliphatic hydroxyl groups is 2. The van der Waals surface area contributed by atoms with Crippen molar-refractivity contribution in [3.05, 3.63) is 28.8 Å². The molecule has 104 valence electrons. The molecule has 0 aromatic heterocycles. The Kier molecular flexibility index (Phi) is 4.29. The Labute approximate surface area is 116 Å². The van der Waals surface area contributed by atoms with Gasteiger partial charge in [-0.3, -0.25) is 4.79 Å². The zero-order valence-corrected chi connectivity index (χ0v) is 11.3. The molecule has 0 spiro atoms. The molecule has 1 aromatic carbocycles. The first-order valence-electron chi connectivity index (χ1n) is 6.00. The van der Waals surface area contributed by atoms with Crippen molar-refractivity contribution < 1.29 is 19.7 Å². The predicted molar refractivity (Wildman–Crippen MR) is 70.3 cm³/mol. The van der Waals surface area contributed by atoms with E-state index in [-0.39, 0.29) is 25.6 Å². The van der Waals surface area contributed by atoms with Gasteiger partial charge in [0.05, 0.1) is 12.2 Å². The minimum Gasteiger partial charge on any atom is -0.483 e. The third kappa shape index (κ3) is 3.37. The van der Waals surface area contributed by atoms with Crippen LogP contribution in [0.1, 0.15) is 5.56 Å². The first-order chi connectivity index (χ1) is 8.97. The number of benzene rings is 1. The molecule has 1 aromatic rings. The maximum Gasteiger partial charge on any atom is 0.260 e. The molecule has 2 atom stereocenters. The molecular formula is C13H16ClNO4. The number of ether oxygens (including phenoxy) is 1. The molecule has 5 nitrogen and oxygen atoms in total. The van der Waals surface area contributed by atoms with E-state index in [2.05, 4.69) is 0 Å². The number of likely N-dealkylation sites (tertiary alicyclic amines) is 1. The van der Waals surface area contributed by atoms with E-state index in [9.17, 15) is 15.0 Å². The molecule has 1 saturated heterocycles. The zero-order chi connectivity index (χ0) is 14.0. The molecule has 6 heteroatoms. The lowest BCUT2D eigenvalue weighted by Crippen LogP contribution is -2.34. The summed E-state index contributed by atoms with van der Waals surface area (Å²) in [6, 6.07) is 5.15. The Hall–Kier alpha value is -1.30. The lowest BCUT2D eigenvalue weighted by Gasteiger charge is -2.16. The van der Waals surface area contributed by atoms with Crippen LogP contribution in [0.2, 0.25) is 5.02 Å². The third-order valence-corrected chi connectivity index (χ3v) is 3.33. The quantitative estimate of drug-likeness (QED) is 0.853. The fourth-order valence-electron chi connectivity index (χ4n) is 1.98. The first kappa shape index (κ1) is 14.1. The Morgan fingerprint density at radius 2 is 2.05 bits per heavy atom. The van der Waals surface area contributed by atoms with E-state index < -0.39 is 12.2 Å². The normalized spacial score (nSPS) is 22.6. The Morgan fingerprint density at radius 1 is 1.42 bits per heavy atom. The van der Waals surface area contributed by atoms with Gasteiger partial charge in [0.1, 0.15) is 5.75 Å². The van der Waals surface area contributed by atoms with Crippen molar-refractivity contribution in [1.29, 1.82) is 0 Å². The molecule has 1 aliphatic rings. The number of hydrogen-bond acceptors (Lipinski definition) is 4. The lowest BCUT2D eigenvalue weighted by molar-refractivity contribution is -0.132. The summed E-state index contributed by atoms with van der Waals surface area (Å²) in [6.45, 7) is 2.00. The molecule has 1 aliphatic heterocycles. The number of rotatable bonds is 3. The fourth-order valence-corrected chi connectivity index (χ4v) is 2.21. The van der Waals surface area contributed by atoms with E-state index in [0.29, 0.717) is 10.8 Å². The van der Waals surface area contributed by atoms with Gasteiger partial charge in [0, 0.05) is 18.1 Å². The van der Waals surface area contributed by atoms with Gasteiger partial charge in [-0.05, 0) is 30.7 Å². The highest BCUT2D eigenvalue weighted by Crippen LogP contribution is 2.22. The zero-order valence-electron chi connectivity index (χ0n) is 10.5. The number of nitrogens with zero attached hydrogens (tertiary/aromatic N) is 1. The number of carbonyl (C=O) groups is 1. The monoisotopic (exact) mass is 285 g/mol. The average Bonchev–Trinajstić information content (AvgIpc) is 2.68. The van der Waals surface area contributed by atoms with Crippen LogP contribution in [-0.2, 0) is 4.79 Å². The van der Waals surface area contributed by atoms with E-state index in [4.69, 9.17) is 16.3 Å². The summed E-state index contributed by atoms with van der Waals surface area (Å²) in [5.74, 6) is 0.336. The van der Waals surface area contributed by atoms with Crippen LogP contribution < -0.4 is 4.74 Å². The predicted octanol–water partition coefficient (Wildman–Crippen LogP) is 0.591. The molecule has 2 rings (SSSR count). The fraction of sp³-hybridized carbons (Fsp3) is 0.462. The smallest absolute Gasteiger partial charge is 0.260 e. The Bertz CT molecular complexity index is 470. The van der Waals surface area contributed by atoms with Crippen molar-refractivity contribution in [3.63, 3.8) is 0 Å². The molecular weight excluding hydrogens is 270 g/mol. The topological polar surface area (TPSA) is 70.0 Å². The van der Waals surface area contributed by atoms with Crippen molar-refractivity contribution in [3.8, 4) is 5.75 Å². The van der Waals surface area contributed by atoms with Gasteiger partial charge in [-0.25, -0.2) is 0 Å². The van der Waals surface area contributed by atoms with Crippen LogP contribution in [0.5, 0.6) is 5.75 Å². The van der Waals surface area contributed by atoms with Gasteiger partial charge in [0.25, 0.3) is 5.91 Å². The van der Waals surface area contributed by atoms with Crippen LogP contribution in [0.4, 0.5) is 0 Å². The molecule has 2 N–H and O–H groups in total. The highest BCUT2D eigenvalue weighted by molar-refractivity contribution is 6.30. The second-order valence-corrected chi connectivity index (χ2v) is 5.07. The van der Waals surface area contributed by atoms with Crippen LogP contribution in [0.3, 0.4) is 0 Å². The third-order valence-electron chi connectivity index (χ3n) is 3.10. The number of amides is 1. The highest BCUT2D eigenvalue weighted by Gasteiger charge is 2.32. The summed E-state index contributed by atoms with van der Waals surface area (Å²) in [7, 11) is 0. The summed E-state index contributed by atoms with van der Waals surface area (Å²) in [5.41, 5.74) is 0.849. The van der Waals surface area contributed by atoms with Crippen LogP contribution in [0.15, 0.2) is 18.2 Å². The van der Waals surface area contributed by atoms with Gasteiger partial charge in [-0.15, -0.1) is 0 Å². The number of halogens is 1. The average molecular weight is 286 g/mol. The van der Waals surface area contributed by atoms with Crippen LogP contribution in [0, 0.1) is 6.92 Å².